The summed E-state index contributed by atoms with van der Waals surface area (Å²) >= 11 is 3.16. The Labute approximate surface area is 408 Å². The molecule has 0 saturated carbocycles. The lowest BCUT2D eigenvalue weighted by molar-refractivity contribution is -0.144. The summed E-state index contributed by atoms with van der Waals surface area (Å²) < 4.78 is 13.6. The number of rotatable bonds is 14. The van der Waals surface area contributed by atoms with Crippen LogP contribution in [0.25, 0.3) is 26.6 Å². The van der Waals surface area contributed by atoms with Crippen molar-refractivity contribution >= 4 is 52.1 Å². The molecule has 1 saturated heterocycles. The summed E-state index contributed by atoms with van der Waals surface area (Å²) in [6.07, 6.45) is -1.10. The Morgan fingerprint density at radius 3 is 2.23 bits per heavy atom. The van der Waals surface area contributed by atoms with Crippen LogP contribution in [0.4, 0.5) is 0 Å². The molecule has 8 rings (SSSR count). The van der Waals surface area contributed by atoms with Gasteiger partial charge in [-0.2, -0.15) is 0 Å². The third kappa shape index (κ3) is 10.0. The number of thiophene rings is 1. The van der Waals surface area contributed by atoms with Gasteiger partial charge in [0, 0.05) is 29.0 Å². The molecule has 0 bridgehead atoms. The number of aliphatic hydroxyl groups is 1. The number of aryl methyl sites for hydroxylation is 3. The van der Waals surface area contributed by atoms with Gasteiger partial charge in [-0.05, 0) is 80.0 Å². The molecule has 2 aliphatic heterocycles. The predicted octanol–water partition coefficient (Wildman–Crippen LogP) is 7.48. The number of carbonyl (C=O) groups is 4. The van der Waals surface area contributed by atoms with E-state index in [0.717, 1.165) is 59.4 Å². The smallest absolute Gasteiger partial charge is 0.306 e. The number of carbonyl (C=O) groups excluding carboxylic acids is 3. The van der Waals surface area contributed by atoms with Gasteiger partial charge in [0.05, 0.1) is 47.5 Å². The molecule has 360 valence electrons. The summed E-state index contributed by atoms with van der Waals surface area (Å²) in [7, 11) is 1.50. The molecule has 3 amide bonds. The lowest BCUT2D eigenvalue weighted by atomic mass is 9.85. The van der Waals surface area contributed by atoms with Crippen molar-refractivity contribution in [2.75, 3.05) is 20.3 Å². The van der Waals surface area contributed by atoms with E-state index in [1.54, 1.807) is 34.8 Å². The maximum atomic E-state index is 14.3. The number of fused-ring (bicyclic) bond motifs is 3. The number of thiazole rings is 1. The third-order valence-electron chi connectivity index (χ3n) is 12.7. The largest absolute Gasteiger partial charge is 0.493 e. The number of carboxylic acid groups (broad SMARTS) is 1. The van der Waals surface area contributed by atoms with Crippen molar-refractivity contribution in [3.8, 4) is 38.1 Å². The second-order valence-corrected chi connectivity index (χ2v) is 20.7. The summed E-state index contributed by atoms with van der Waals surface area (Å²) in [6, 6.07) is 18.0. The maximum absolute atomic E-state index is 14.3. The lowest BCUT2D eigenvalue weighted by Gasteiger charge is -2.35. The zero-order chi connectivity index (χ0) is 49.5. The van der Waals surface area contributed by atoms with Crippen molar-refractivity contribution < 1.29 is 38.9 Å². The molecular formula is C51H56N8O8S2. The number of hydrogen-bond donors (Lipinski definition) is 4. The van der Waals surface area contributed by atoms with Gasteiger partial charge < -0.3 is 35.2 Å². The number of nitrogens with one attached hydrogen (secondary N) is 2. The fourth-order valence-electron chi connectivity index (χ4n) is 8.84. The predicted molar refractivity (Wildman–Crippen MR) is 264 cm³/mol. The Bertz CT molecular complexity index is 2950. The molecule has 16 nitrogen and oxygen atoms in total. The molecule has 3 aromatic heterocycles. The van der Waals surface area contributed by atoms with Crippen molar-refractivity contribution in [3.63, 3.8) is 0 Å². The fourth-order valence-corrected chi connectivity index (χ4v) is 10.9. The number of nitrogens with zero attached hydrogens (tertiary/aromatic N) is 6. The van der Waals surface area contributed by atoms with Gasteiger partial charge in [0.2, 0.25) is 11.8 Å². The van der Waals surface area contributed by atoms with Gasteiger partial charge >= 0.3 is 5.97 Å². The first-order valence-electron chi connectivity index (χ1n) is 22.7. The van der Waals surface area contributed by atoms with E-state index in [1.807, 2.05) is 113 Å². The van der Waals surface area contributed by atoms with Crippen molar-refractivity contribution in [3.05, 3.63) is 117 Å². The van der Waals surface area contributed by atoms with E-state index in [2.05, 4.69) is 32.7 Å². The van der Waals surface area contributed by atoms with Crippen molar-refractivity contribution in [1.29, 1.82) is 0 Å². The van der Waals surface area contributed by atoms with Crippen LogP contribution in [0.5, 0.6) is 11.5 Å². The van der Waals surface area contributed by atoms with Crippen molar-refractivity contribution in [2.24, 2.45) is 10.4 Å². The van der Waals surface area contributed by atoms with Crippen LogP contribution in [0.2, 0.25) is 0 Å². The summed E-state index contributed by atoms with van der Waals surface area (Å²) in [5, 5.41) is 36.0. The Morgan fingerprint density at radius 2 is 1.58 bits per heavy atom. The Kier molecular flexibility index (Phi) is 13.9. The number of β-amino-alcohol motifs (C(OH)–C–C–N with tert-alkyl or cyclic N) is 1. The minimum absolute atomic E-state index is 0.0549. The van der Waals surface area contributed by atoms with Crippen LogP contribution in [0.1, 0.15) is 97.1 Å². The van der Waals surface area contributed by atoms with Gasteiger partial charge in [0.15, 0.2) is 23.9 Å². The summed E-state index contributed by atoms with van der Waals surface area (Å²) in [4.78, 5) is 66.6. The molecule has 1 fully saturated rings. The van der Waals surface area contributed by atoms with Gasteiger partial charge in [0.1, 0.15) is 29.0 Å². The number of carboxylic acids is 1. The molecule has 0 unspecified atom stereocenters. The number of ether oxygens (including phenoxy) is 2. The summed E-state index contributed by atoms with van der Waals surface area (Å²) in [5.74, 6) is -0.591. The monoisotopic (exact) mass is 972 g/mol. The number of benzene rings is 3. The highest BCUT2D eigenvalue weighted by atomic mass is 32.1. The number of methoxy groups -OCH3 is 1. The van der Waals surface area contributed by atoms with Crippen LogP contribution in [0.3, 0.4) is 0 Å². The van der Waals surface area contributed by atoms with Crippen LogP contribution >= 0.6 is 22.7 Å². The average Bonchev–Trinajstić information content (AvgIpc) is 4.09. The number of amides is 3. The first kappa shape index (κ1) is 48.7. The number of aliphatic carboxylic acids is 1. The lowest BCUT2D eigenvalue weighted by Crippen LogP contribution is -2.58. The maximum Gasteiger partial charge on any atom is 0.306 e. The van der Waals surface area contributed by atoms with E-state index in [0.29, 0.717) is 28.9 Å². The number of hydrogen-bond acceptors (Lipinski definition) is 13. The molecule has 18 heteroatoms. The van der Waals surface area contributed by atoms with Crippen LogP contribution in [0.15, 0.2) is 77.2 Å². The minimum atomic E-state index is -1.04. The van der Waals surface area contributed by atoms with E-state index >= 15 is 0 Å². The Balaban J connectivity index is 0.931. The van der Waals surface area contributed by atoms with Crippen LogP contribution in [-0.4, -0.2) is 103 Å². The molecule has 3 aromatic carbocycles. The van der Waals surface area contributed by atoms with E-state index in [-0.39, 0.29) is 25.4 Å². The Hall–Kier alpha value is -6.76. The van der Waals surface area contributed by atoms with E-state index in [1.165, 1.54) is 12.0 Å². The molecular weight excluding hydrogens is 917 g/mol. The van der Waals surface area contributed by atoms with Crippen LogP contribution in [-0.2, 0) is 19.2 Å². The van der Waals surface area contributed by atoms with Crippen molar-refractivity contribution in [2.45, 2.75) is 98.5 Å². The summed E-state index contributed by atoms with van der Waals surface area (Å²) in [5.41, 5.74) is 9.04. The fraction of sp³-hybridized carbons (Fsp3) is 0.373. The molecule has 0 aliphatic carbocycles. The second-order valence-electron chi connectivity index (χ2n) is 18.6. The third-order valence-corrected chi connectivity index (χ3v) is 14.9. The average molecular weight is 973 g/mol. The highest BCUT2D eigenvalue weighted by Crippen LogP contribution is 2.40. The topological polar surface area (TPSA) is 210 Å². The number of likely N-dealkylation sites (tertiary alicyclic amines) is 1. The zero-order valence-corrected chi connectivity index (χ0v) is 41.6. The molecule has 2 aliphatic rings. The van der Waals surface area contributed by atoms with Gasteiger partial charge in [-0.15, -0.1) is 32.9 Å². The molecule has 0 spiro atoms. The van der Waals surface area contributed by atoms with E-state index < -0.39 is 59.9 Å². The summed E-state index contributed by atoms with van der Waals surface area (Å²) in [6.45, 7) is 14.8. The van der Waals surface area contributed by atoms with Gasteiger partial charge in [0.25, 0.3) is 5.91 Å². The quantitative estimate of drug-likeness (QED) is 0.0841. The van der Waals surface area contributed by atoms with E-state index in [4.69, 9.17) is 14.5 Å². The van der Waals surface area contributed by atoms with Crippen LogP contribution < -0.4 is 20.1 Å². The normalized spacial score (nSPS) is 17.5. The minimum Gasteiger partial charge on any atom is -0.493 e. The van der Waals surface area contributed by atoms with Crippen LogP contribution in [0, 0.1) is 33.1 Å². The number of aromatic nitrogens is 4. The SMILES string of the molecule is COc1cc(-c2ccc(C3=N[C@@H](CC(=O)O)c4nnc(C)n4-c4sc(C)c(C)c43)cc2)ccc1OCC(=O)N[C@H](C(=O)N1C[C@H](O)C[C@H]1C(=O)N[C@@H](C)c1ccc(-c2scnc2C)cc1)C(C)(C)C. The highest BCUT2D eigenvalue weighted by molar-refractivity contribution is 7.15. The first-order chi connectivity index (χ1) is 32.8. The second kappa shape index (κ2) is 19.7. The zero-order valence-electron chi connectivity index (χ0n) is 40.0. The highest BCUT2D eigenvalue weighted by Gasteiger charge is 2.45. The molecule has 5 heterocycles. The Morgan fingerprint density at radius 1 is 0.899 bits per heavy atom. The van der Waals surface area contributed by atoms with E-state index in [9.17, 15) is 29.4 Å². The number of aliphatic imine (C=N–C) groups is 1. The standard InChI is InChI=1S/C51H56N8O8S2/c1-26-29(4)69-50-43(26)44(54-37(22-42(62)63)47-57-56-30(5)59(47)50)33-14-12-32(13-15-33)35-18-19-39(40(20-35)66-9)67-24-41(61)55-46(51(6,7)8)49(65)58-23-36(60)21-38(58)48(64)53-27(2)31-10-16-34(17-11-31)45-28(3)52-25-68-45/h10-20,25,27,36-38,46,60H,21-24H2,1-9H3,(H,53,64)(H,55,61)(H,62,63)/t27-,36+,37-,38-,46+/m0/s1. The van der Waals surface area contributed by atoms with Gasteiger partial charge in [-0.1, -0.05) is 75.4 Å². The first-order valence-corrected chi connectivity index (χ1v) is 24.3. The molecule has 0 radical (unpaired) electrons. The molecule has 6 aromatic rings. The molecule has 4 N–H and O–H groups in total. The molecule has 69 heavy (non-hydrogen) atoms. The number of aliphatic hydroxyl groups excluding tert-OH is 1. The van der Waals surface area contributed by atoms with Crippen molar-refractivity contribution in [1.82, 2.24) is 35.3 Å². The van der Waals surface area contributed by atoms with Gasteiger partial charge in [-0.25, -0.2) is 4.98 Å². The van der Waals surface area contributed by atoms with Gasteiger partial charge in [-0.3, -0.25) is 28.7 Å². The molecule has 5 atom stereocenters.